The van der Waals surface area contributed by atoms with Crippen LogP contribution in [0.4, 0.5) is 5.82 Å². The molecule has 122 valence electrons. The van der Waals surface area contributed by atoms with Crippen molar-refractivity contribution in [3.63, 3.8) is 0 Å². The largest absolute Gasteiger partial charge is 0.356 e. The standard InChI is InChI=1S/C20H21N3O/c1-14-8-7-11-17(15(14)2)23-18-10-4-3-9-16(18)19(21-20(23)24)22-12-5-6-13-22/h3-4,7-11H,5-6,12-13H2,1-2H3. The Kier molecular flexibility index (Phi) is 3.60. The third-order valence-corrected chi connectivity index (χ3v) is 5.00. The fourth-order valence-electron chi connectivity index (χ4n) is 3.54. The Morgan fingerprint density at radius 1 is 0.958 bits per heavy atom. The summed E-state index contributed by atoms with van der Waals surface area (Å²) in [6, 6.07) is 14.1. The Balaban J connectivity index is 2.04. The minimum absolute atomic E-state index is 0.204. The van der Waals surface area contributed by atoms with Crippen molar-refractivity contribution in [3.05, 3.63) is 64.1 Å². The van der Waals surface area contributed by atoms with Crippen molar-refractivity contribution in [2.24, 2.45) is 0 Å². The summed E-state index contributed by atoms with van der Waals surface area (Å²) in [5.41, 5.74) is 3.92. The van der Waals surface area contributed by atoms with Crippen molar-refractivity contribution >= 4 is 16.7 Å². The van der Waals surface area contributed by atoms with Crippen LogP contribution in [0.15, 0.2) is 47.3 Å². The van der Waals surface area contributed by atoms with Gasteiger partial charge >= 0.3 is 5.69 Å². The molecule has 1 fully saturated rings. The molecule has 0 N–H and O–H groups in total. The zero-order chi connectivity index (χ0) is 16.7. The molecule has 0 saturated carbocycles. The molecule has 4 heteroatoms. The number of rotatable bonds is 2. The number of nitrogens with zero attached hydrogens (tertiary/aromatic N) is 3. The minimum atomic E-state index is -0.204. The molecule has 0 unspecified atom stereocenters. The Labute approximate surface area is 141 Å². The topological polar surface area (TPSA) is 38.1 Å². The Morgan fingerprint density at radius 3 is 2.50 bits per heavy atom. The smallest absolute Gasteiger partial charge is 0.354 e. The quantitative estimate of drug-likeness (QED) is 0.724. The normalized spacial score (nSPS) is 14.5. The molecular weight excluding hydrogens is 298 g/mol. The van der Waals surface area contributed by atoms with Crippen molar-refractivity contribution in [1.82, 2.24) is 9.55 Å². The van der Waals surface area contributed by atoms with Gasteiger partial charge in [0.05, 0.1) is 11.2 Å². The van der Waals surface area contributed by atoms with Crippen molar-refractivity contribution in [2.45, 2.75) is 26.7 Å². The van der Waals surface area contributed by atoms with Crippen LogP contribution in [0.1, 0.15) is 24.0 Å². The molecule has 1 aromatic heterocycles. The second-order valence-electron chi connectivity index (χ2n) is 6.48. The van der Waals surface area contributed by atoms with Crippen LogP contribution in [0.5, 0.6) is 0 Å². The summed E-state index contributed by atoms with van der Waals surface area (Å²) in [6.45, 7) is 6.08. The van der Waals surface area contributed by atoms with Gasteiger partial charge in [-0.05, 0) is 56.0 Å². The number of fused-ring (bicyclic) bond motifs is 1. The Morgan fingerprint density at radius 2 is 1.71 bits per heavy atom. The van der Waals surface area contributed by atoms with E-state index in [-0.39, 0.29) is 5.69 Å². The lowest BCUT2D eigenvalue weighted by Gasteiger charge is -2.21. The van der Waals surface area contributed by atoms with E-state index in [1.165, 1.54) is 5.56 Å². The molecule has 1 aliphatic rings. The third kappa shape index (κ3) is 2.30. The summed E-state index contributed by atoms with van der Waals surface area (Å²) >= 11 is 0. The van der Waals surface area contributed by atoms with Gasteiger partial charge in [-0.1, -0.05) is 24.3 Å². The average molecular weight is 319 g/mol. The first kappa shape index (κ1) is 14.9. The number of para-hydroxylation sites is 1. The molecular formula is C20H21N3O. The molecule has 1 aliphatic heterocycles. The zero-order valence-electron chi connectivity index (χ0n) is 14.1. The van der Waals surface area contributed by atoms with Crippen molar-refractivity contribution in [1.29, 1.82) is 0 Å². The van der Waals surface area contributed by atoms with E-state index in [1.54, 1.807) is 4.57 Å². The fraction of sp³-hybridized carbons (Fsp3) is 0.300. The number of hydrogen-bond donors (Lipinski definition) is 0. The lowest BCUT2D eigenvalue weighted by molar-refractivity contribution is 0.890. The highest BCUT2D eigenvalue weighted by molar-refractivity contribution is 5.91. The molecule has 0 radical (unpaired) electrons. The molecule has 4 rings (SSSR count). The van der Waals surface area contributed by atoms with Crippen LogP contribution >= 0.6 is 0 Å². The van der Waals surface area contributed by atoms with E-state index in [1.807, 2.05) is 30.3 Å². The van der Waals surface area contributed by atoms with Crippen LogP contribution in [-0.2, 0) is 0 Å². The van der Waals surface area contributed by atoms with Crippen LogP contribution in [0.25, 0.3) is 16.6 Å². The average Bonchev–Trinajstić information content (AvgIpc) is 3.12. The molecule has 0 spiro atoms. The van der Waals surface area contributed by atoms with Crippen LogP contribution < -0.4 is 10.6 Å². The summed E-state index contributed by atoms with van der Waals surface area (Å²) in [4.78, 5) is 19.6. The van der Waals surface area contributed by atoms with Gasteiger partial charge < -0.3 is 4.90 Å². The number of aryl methyl sites for hydroxylation is 1. The van der Waals surface area contributed by atoms with Gasteiger partial charge in [-0.15, -0.1) is 0 Å². The second-order valence-corrected chi connectivity index (χ2v) is 6.48. The van der Waals surface area contributed by atoms with Crippen molar-refractivity contribution in [2.75, 3.05) is 18.0 Å². The predicted octanol–water partition coefficient (Wildman–Crippen LogP) is 3.60. The van der Waals surface area contributed by atoms with E-state index in [0.717, 1.165) is 53.9 Å². The molecule has 2 aromatic carbocycles. The van der Waals surface area contributed by atoms with E-state index in [2.05, 4.69) is 35.9 Å². The van der Waals surface area contributed by atoms with Gasteiger partial charge in [0.1, 0.15) is 5.82 Å². The van der Waals surface area contributed by atoms with E-state index in [0.29, 0.717) is 0 Å². The van der Waals surface area contributed by atoms with E-state index < -0.39 is 0 Å². The molecule has 3 aromatic rings. The van der Waals surface area contributed by atoms with Gasteiger partial charge in [0.2, 0.25) is 0 Å². The van der Waals surface area contributed by atoms with Crippen LogP contribution in [0.2, 0.25) is 0 Å². The summed E-state index contributed by atoms with van der Waals surface area (Å²) in [5, 5.41) is 1.04. The predicted molar refractivity (Wildman–Crippen MR) is 98.3 cm³/mol. The van der Waals surface area contributed by atoms with Gasteiger partial charge in [-0.25, -0.2) is 4.79 Å². The summed E-state index contributed by atoms with van der Waals surface area (Å²) in [6.07, 6.45) is 2.33. The maximum Gasteiger partial charge on any atom is 0.354 e. The molecule has 1 saturated heterocycles. The fourth-order valence-corrected chi connectivity index (χ4v) is 3.54. The highest BCUT2D eigenvalue weighted by atomic mass is 16.1. The van der Waals surface area contributed by atoms with E-state index in [9.17, 15) is 4.79 Å². The molecule has 2 heterocycles. The first-order chi connectivity index (χ1) is 11.7. The Hall–Kier alpha value is -2.62. The molecule has 24 heavy (non-hydrogen) atoms. The van der Waals surface area contributed by atoms with Gasteiger partial charge in [0, 0.05) is 18.5 Å². The maximum absolute atomic E-state index is 12.9. The van der Waals surface area contributed by atoms with Gasteiger partial charge in [0.15, 0.2) is 0 Å². The second kappa shape index (κ2) is 5.78. The molecule has 0 bridgehead atoms. The molecule has 0 aliphatic carbocycles. The highest BCUT2D eigenvalue weighted by Crippen LogP contribution is 2.28. The van der Waals surface area contributed by atoms with Gasteiger partial charge in [0.25, 0.3) is 0 Å². The van der Waals surface area contributed by atoms with E-state index in [4.69, 9.17) is 0 Å². The molecule has 0 amide bonds. The lowest BCUT2D eigenvalue weighted by Crippen LogP contribution is -2.28. The third-order valence-electron chi connectivity index (χ3n) is 5.00. The van der Waals surface area contributed by atoms with Gasteiger partial charge in [-0.2, -0.15) is 4.98 Å². The van der Waals surface area contributed by atoms with E-state index >= 15 is 0 Å². The summed E-state index contributed by atoms with van der Waals surface area (Å²) in [5.74, 6) is 0.828. The summed E-state index contributed by atoms with van der Waals surface area (Å²) < 4.78 is 1.75. The van der Waals surface area contributed by atoms with Crippen molar-refractivity contribution in [3.8, 4) is 5.69 Å². The van der Waals surface area contributed by atoms with Crippen LogP contribution in [0, 0.1) is 13.8 Å². The first-order valence-corrected chi connectivity index (χ1v) is 8.50. The lowest BCUT2D eigenvalue weighted by atomic mass is 10.1. The monoisotopic (exact) mass is 319 g/mol. The van der Waals surface area contributed by atoms with Crippen LogP contribution in [-0.4, -0.2) is 22.6 Å². The number of hydrogen-bond acceptors (Lipinski definition) is 3. The Bertz CT molecular complexity index is 968. The van der Waals surface area contributed by atoms with Crippen LogP contribution in [0.3, 0.4) is 0 Å². The zero-order valence-corrected chi connectivity index (χ0v) is 14.1. The first-order valence-electron chi connectivity index (χ1n) is 8.50. The molecule has 4 nitrogen and oxygen atoms in total. The minimum Gasteiger partial charge on any atom is -0.356 e. The van der Waals surface area contributed by atoms with Gasteiger partial charge in [-0.3, -0.25) is 4.57 Å². The SMILES string of the molecule is Cc1cccc(-n2c(=O)nc(N3CCCC3)c3ccccc32)c1C. The number of aromatic nitrogens is 2. The maximum atomic E-state index is 12.9. The number of anilines is 1. The molecule has 0 atom stereocenters. The van der Waals surface area contributed by atoms with Crippen molar-refractivity contribution < 1.29 is 0 Å². The highest BCUT2D eigenvalue weighted by Gasteiger charge is 2.20. The number of benzene rings is 2. The summed E-state index contributed by atoms with van der Waals surface area (Å²) in [7, 11) is 0.